The summed E-state index contributed by atoms with van der Waals surface area (Å²) >= 11 is 0. The van der Waals surface area contributed by atoms with Gasteiger partial charge in [-0.2, -0.15) is 0 Å². The molecule has 1 atom stereocenters. The van der Waals surface area contributed by atoms with E-state index < -0.39 is 6.09 Å². The molecule has 1 rings (SSSR count). The lowest BCUT2D eigenvalue weighted by Crippen LogP contribution is -2.44. The summed E-state index contributed by atoms with van der Waals surface area (Å²) in [6.45, 7) is 8.30. The molecular formula is C14H24N4O3. The first-order valence-corrected chi connectivity index (χ1v) is 7.15. The van der Waals surface area contributed by atoms with Gasteiger partial charge in [0.2, 0.25) is 0 Å². The van der Waals surface area contributed by atoms with E-state index in [-0.39, 0.29) is 11.9 Å². The second kappa shape index (κ2) is 8.28. The molecule has 118 valence electrons. The van der Waals surface area contributed by atoms with Crippen molar-refractivity contribution in [3.63, 3.8) is 0 Å². The molecule has 0 aliphatic heterocycles. The van der Waals surface area contributed by atoms with Crippen LogP contribution in [0.1, 0.15) is 43.5 Å². The van der Waals surface area contributed by atoms with Gasteiger partial charge in [0.25, 0.3) is 5.91 Å². The molecule has 1 heterocycles. The second-order valence-electron chi connectivity index (χ2n) is 5.28. The zero-order valence-corrected chi connectivity index (χ0v) is 13.0. The number of hydrogen-bond donors (Lipinski definition) is 3. The van der Waals surface area contributed by atoms with Crippen LogP contribution in [-0.4, -0.2) is 41.2 Å². The highest BCUT2D eigenvalue weighted by molar-refractivity contribution is 5.92. The first kappa shape index (κ1) is 17.0. The highest BCUT2D eigenvalue weighted by Crippen LogP contribution is 2.05. The van der Waals surface area contributed by atoms with Crippen LogP contribution in [0.3, 0.4) is 0 Å². The maximum atomic E-state index is 11.9. The van der Waals surface area contributed by atoms with Crippen molar-refractivity contribution in [3.8, 4) is 0 Å². The molecule has 0 saturated heterocycles. The summed E-state index contributed by atoms with van der Waals surface area (Å²) in [5.41, 5.74) is 0.409. The molecule has 0 spiro atoms. The average molecular weight is 296 g/mol. The number of nitrogens with zero attached hydrogens (tertiary/aromatic N) is 1. The first-order valence-electron chi connectivity index (χ1n) is 7.15. The van der Waals surface area contributed by atoms with Gasteiger partial charge in [0, 0.05) is 12.6 Å². The normalized spacial score (nSPS) is 12.0. The molecule has 7 nitrogen and oxygen atoms in total. The van der Waals surface area contributed by atoms with E-state index >= 15 is 0 Å². The Hall–Kier alpha value is -2.05. The summed E-state index contributed by atoms with van der Waals surface area (Å²) in [5.74, 6) is 0.835. The molecule has 2 amide bonds. The van der Waals surface area contributed by atoms with E-state index in [1.807, 2.05) is 0 Å². The SMILES string of the molecule is CCOC(=O)NC(CNC(=O)c1cnc(C)[nH]1)CC(C)C. The van der Waals surface area contributed by atoms with E-state index in [1.54, 1.807) is 13.8 Å². The van der Waals surface area contributed by atoms with Gasteiger partial charge in [-0.05, 0) is 26.2 Å². The average Bonchev–Trinajstić information content (AvgIpc) is 2.82. The molecule has 1 aromatic heterocycles. The Labute approximate surface area is 124 Å². The van der Waals surface area contributed by atoms with Gasteiger partial charge in [-0.25, -0.2) is 9.78 Å². The van der Waals surface area contributed by atoms with Crippen molar-refractivity contribution in [2.24, 2.45) is 5.92 Å². The first-order chi connectivity index (χ1) is 9.92. The Morgan fingerprint density at radius 2 is 2.14 bits per heavy atom. The molecule has 3 N–H and O–H groups in total. The Kier molecular flexibility index (Phi) is 6.71. The summed E-state index contributed by atoms with van der Waals surface area (Å²) in [5, 5.41) is 5.54. The van der Waals surface area contributed by atoms with Crippen LogP contribution < -0.4 is 10.6 Å². The molecule has 0 aromatic carbocycles. The molecular weight excluding hydrogens is 272 g/mol. The third-order valence-corrected chi connectivity index (χ3v) is 2.81. The fraction of sp³-hybridized carbons (Fsp3) is 0.643. The largest absolute Gasteiger partial charge is 0.450 e. The summed E-state index contributed by atoms with van der Waals surface area (Å²) < 4.78 is 4.87. The van der Waals surface area contributed by atoms with Crippen molar-refractivity contribution in [3.05, 3.63) is 17.7 Å². The van der Waals surface area contributed by atoms with Crippen LogP contribution in [0.15, 0.2) is 6.20 Å². The highest BCUT2D eigenvalue weighted by Gasteiger charge is 2.16. The molecule has 0 fully saturated rings. The van der Waals surface area contributed by atoms with Crippen LogP contribution >= 0.6 is 0 Å². The van der Waals surface area contributed by atoms with E-state index in [0.29, 0.717) is 30.6 Å². The zero-order valence-electron chi connectivity index (χ0n) is 13.0. The zero-order chi connectivity index (χ0) is 15.8. The number of imidazole rings is 1. The van der Waals surface area contributed by atoms with Crippen LogP contribution in [0.5, 0.6) is 0 Å². The molecule has 0 aliphatic carbocycles. The Bertz CT molecular complexity index is 471. The quantitative estimate of drug-likeness (QED) is 0.712. The molecule has 0 bridgehead atoms. The maximum absolute atomic E-state index is 11.9. The number of amides is 2. The minimum absolute atomic E-state index is 0.169. The minimum atomic E-state index is -0.463. The third kappa shape index (κ3) is 6.29. The summed E-state index contributed by atoms with van der Waals surface area (Å²) in [4.78, 5) is 30.3. The highest BCUT2D eigenvalue weighted by atomic mass is 16.5. The maximum Gasteiger partial charge on any atom is 0.407 e. The number of rotatable bonds is 7. The molecule has 0 radical (unpaired) electrons. The number of ether oxygens (including phenoxy) is 1. The summed E-state index contributed by atoms with van der Waals surface area (Å²) in [6, 6.07) is -0.169. The molecule has 21 heavy (non-hydrogen) atoms. The van der Waals surface area contributed by atoms with E-state index in [4.69, 9.17) is 4.74 Å². The molecule has 0 aliphatic rings. The van der Waals surface area contributed by atoms with Gasteiger partial charge in [0.15, 0.2) is 0 Å². The van der Waals surface area contributed by atoms with Crippen molar-refractivity contribution >= 4 is 12.0 Å². The van der Waals surface area contributed by atoms with Crippen LogP contribution in [-0.2, 0) is 4.74 Å². The van der Waals surface area contributed by atoms with E-state index in [1.165, 1.54) is 6.20 Å². The van der Waals surface area contributed by atoms with Gasteiger partial charge in [-0.15, -0.1) is 0 Å². The number of carbonyl (C=O) groups excluding carboxylic acids is 2. The van der Waals surface area contributed by atoms with Crippen molar-refractivity contribution in [2.45, 2.75) is 40.2 Å². The van der Waals surface area contributed by atoms with Crippen LogP contribution in [0.4, 0.5) is 4.79 Å². The Morgan fingerprint density at radius 3 is 2.67 bits per heavy atom. The lowest BCUT2D eigenvalue weighted by molar-refractivity contribution is 0.0940. The standard InChI is InChI=1S/C14H24N4O3/c1-5-21-14(20)18-11(6-9(2)3)7-16-13(19)12-8-15-10(4)17-12/h8-9,11H,5-7H2,1-4H3,(H,15,17)(H,16,19)(H,18,20). The van der Waals surface area contributed by atoms with Crippen molar-refractivity contribution in [1.29, 1.82) is 0 Å². The van der Waals surface area contributed by atoms with Gasteiger partial charge in [0.05, 0.1) is 12.8 Å². The van der Waals surface area contributed by atoms with E-state index in [9.17, 15) is 9.59 Å². The van der Waals surface area contributed by atoms with Crippen LogP contribution in [0, 0.1) is 12.8 Å². The monoisotopic (exact) mass is 296 g/mol. The number of nitrogens with one attached hydrogen (secondary N) is 3. The number of hydrogen-bond acceptors (Lipinski definition) is 4. The van der Waals surface area contributed by atoms with Gasteiger partial charge in [0.1, 0.15) is 11.5 Å². The number of alkyl carbamates (subject to hydrolysis) is 1. The molecule has 7 heteroatoms. The number of carbonyl (C=O) groups is 2. The van der Waals surface area contributed by atoms with Gasteiger partial charge >= 0.3 is 6.09 Å². The third-order valence-electron chi connectivity index (χ3n) is 2.81. The van der Waals surface area contributed by atoms with Crippen molar-refractivity contribution in [2.75, 3.05) is 13.2 Å². The lowest BCUT2D eigenvalue weighted by Gasteiger charge is -2.20. The van der Waals surface area contributed by atoms with Gasteiger partial charge < -0.3 is 20.4 Å². The smallest absolute Gasteiger partial charge is 0.407 e. The summed E-state index contributed by atoms with van der Waals surface area (Å²) in [6.07, 6.45) is 1.77. The number of H-pyrrole nitrogens is 1. The van der Waals surface area contributed by atoms with E-state index in [2.05, 4.69) is 34.4 Å². The van der Waals surface area contributed by atoms with Crippen molar-refractivity contribution < 1.29 is 14.3 Å². The minimum Gasteiger partial charge on any atom is -0.450 e. The van der Waals surface area contributed by atoms with Gasteiger partial charge in [-0.1, -0.05) is 13.8 Å². The predicted octanol–water partition coefficient (Wildman–Crippen LogP) is 1.61. The fourth-order valence-corrected chi connectivity index (χ4v) is 1.95. The van der Waals surface area contributed by atoms with Crippen molar-refractivity contribution in [1.82, 2.24) is 20.6 Å². The topological polar surface area (TPSA) is 96.1 Å². The molecule has 1 unspecified atom stereocenters. The number of aromatic amines is 1. The van der Waals surface area contributed by atoms with Gasteiger partial charge in [-0.3, -0.25) is 4.79 Å². The van der Waals surface area contributed by atoms with Crippen LogP contribution in [0.25, 0.3) is 0 Å². The fourth-order valence-electron chi connectivity index (χ4n) is 1.95. The summed E-state index contributed by atoms with van der Waals surface area (Å²) in [7, 11) is 0. The second-order valence-corrected chi connectivity index (χ2v) is 5.28. The van der Waals surface area contributed by atoms with Crippen LogP contribution in [0.2, 0.25) is 0 Å². The Balaban J connectivity index is 2.52. The molecule has 1 aromatic rings. The number of aryl methyl sites for hydroxylation is 1. The predicted molar refractivity (Wildman–Crippen MR) is 79.1 cm³/mol. The van der Waals surface area contributed by atoms with E-state index in [0.717, 1.165) is 6.42 Å². The molecule has 0 saturated carbocycles. The Morgan fingerprint density at radius 1 is 1.43 bits per heavy atom. The lowest BCUT2D eigenvalue weighted by atomic mass is 10.0. The number of aromatic nitrogens is 2.